The van der Waals surface area contributed by atoms with Gasteiger partial charge in [-0.25, -0.2) is 0 Å². The number of allylic oxidation sites excluding steroid dienone is 1. The number of nitrogens with zero attached hydrogens (tertiary/aromatic N) is 2. The van der Waals surface area contributed by atoms with Gasteiger partial charge in [-0.15, -0.1) is 0 Å². The van der Waals surface area contributed by atoms with Crippen molar-refractivity contribution in [1.29, 1.82) is 0 Å². The van der Waals surface area contributed by atoms with E-state index in [1.165, 1.54) is 17.0 Å². The lowest BCUT2D eigenvalue weighted by molar-refractivity contribution is -0.401. The van der Waals surface area contributed by atoms with Crippen LogP contribution in [-0.4, -0.2) is 46.6 Å². The summed E-state index contributed by atoms with van der Waals surface area (Å²) in [4.78, 5) is 12.8. The number of phenolic OH excluding ortho intramolecular Hbond substituents is 1. The van der Waals surface area contributed by atoms with Crippen LogP contribution >= 0.6 is 0 Å². The molecule has 1 heterocycles. The van der Waals surface area contributed by atoms with Gasteiger partial charge in [-0.3, -0.25) is 4.79 Å². The number of carboxylic acid groups (broad SMARTS) is 1. The Hall–Kier alpha value is -3.08. The van der Waals surface area contributed by atoms with Crippen molar-refractivity contribution in [2.45, 2.75) is 32.6 Å². The quantitative estimate of drug-likeness (QED) is 0.684. The van der Waals surface area contributed by atoms with Crippen molar-refractivity contribution in [3.05, 3.63) is 59.7 Å². The first-order valence-electron chi connectivity index (χ1n) is 9.94. The molecule has 5 nitrogen and oxygen atoms in total. The highest BCUT2D eigenvalue weighted by molar-refractivity contribution is 6.05. The maximum atomic E-state index is 10.9. The van der Waals surface area contributed by atoms with Crippen LogP contribution in [0.5, 0.6) is 5.75 Å². The Bertz CT molecular complexity index is 989. The predicted octanol–water partition coefficient (Wildman–Crippen LogP) is 4.41. The fraction of sp³-hybridized carbons (Fsp3) is 0.333. The van der Waals surface area contributed by atoms with Crippen molar-refractivity contribution < 1.29 is 19.6 Å². The van der Waals surface area contributed by atoms with Crippen molar-refractivity contribution in [1.82, 2.24) is 0 Å². The Morgan fingerprint density at radius 1 is 1.17 bits per heavy atom. The molecule has 152 valence electrons. The van der Waals surface area contributed by atoms with Gasteiger partial charge < -0.3 is 15.1 Å². The molecule has 29 heavy (non-hydrogen) atoms. The molecule has 0 fully saturated rings. The van der Waals surface area contributed by atoms with Gasteiger partial charge in [0.1, 0.15) is 12.8 Å². The molecule has 2 aromatic rings. The number of carbonyl (C=O) groups is 1. The Labute approximate surface area is 172 Å². The van der Waals surface area contributed by atoms with E-state index in [-0.39, 0.29) is 17.6 Å². The number of anilines is 1. The number of para-hydroxylation sites is 1. The zero-order chi connectivity index (χ0) is 21.2. The summed E-state index contributed by atoms with van der Waals surface area (Å²) in [5.74, 6) is -0.641. The van der Waals surface area contributed by atoms with E-state index in [1.807, 2.05) is 36.1 Å². The number of rotatable bonds is 7. The second kappa shape index (κ2) is 8.11. The summed E-state index contributed by atoms with van der Waals surface area (Å²) in [5, 5.41) is 19.5. The van der Waals surface area contributed by atoms with Gasteiger partial charge in [0.15, 0.2) is 5.71 Å². The molecule has 1 aliphatic heterocycles. The number of hydrogen-bond donors (Lipinski definition) is 2. The Morgan fingerprint density at radius 3 is 2.52 bits per heavy atom. The van der Waals surface area contributed by atoms with E-state index >= 15 is 0 Å². The average molecular weight is 394 g/mol. The number of aromatic hydroxyl groups is 1. The third-order valence-corrected chi connectivity index (χ3v) is 5.72. The van der Waals surface area contributed by atoms with E-state index in [2.05, 4.69) is 49.7 Å². The van der Waals surface area contributed by atoms with Crippen LogP contribution in [0.3, 0.4) is 0 Å². The van der Waals surface area contributed by atoms with Crippen molar-refractivity contribution in [3.63, 3.8) is 0 Å². The van der Waals surface area contributed by atoms with Gasteiger partial charge in [-0.1, -0.05) is 18.2 Å². The summed E-state index contributed by atoms with van der Waals surface area (Å²) < 4.78 is 2.20. The van der Waals surface area contributed by atoms with Crippen molar-refractivity contribution in [2.24, 2.45) is 0 Å². The molecule has 0 aliphatic carbocycles. The number of aliphatic carboxylic acids is 1. The van der Waals surface area contributed by atoms with Gasteiger partial charge in [0.2, 0.25) is 5.69 Å². The molecule has 0 atom stereocenters. The van der Waals surface area contributed by atoms with Crippen LogP contribution in [0.1, 0.15) is 38.3 Å². The van der Waals surface area contributed by atoms with Gasteiger partial charge in [0.25, 0.3) is 0 Å². The van der Waals surface area contributed by atoms with Gasteiger partial charge >= 0.3 is 5.97 Å². The highest BCUT2D eigenvalue weighted by Crippen LogP contribution is 2.39. The van der Waals surface area contributed by atoms with Gasteiger partial charge in [-0.2, -0.15) is 4.58 Å². The van der Waals surface area contributed by atoms with Crippen LogP contribution in [0.2, 0.25) is 0 Å². The normalized spacial score (nSPS) is 15.0. The summed E-state index contributed by atoms with van der Waals surface area (Å²) in [6, 6.07) is 13.9. The Balaban J connectivity index is 1.85. The molecular weight excluding hydrogens is 364 g/mol. The lowest BCUT2D eigenvalue weighted by Crippen LogP contribution is -2.26. The predicted molar refractivity (Wildman–Crippen MR) is 118 cm³/mol. The van der Waals surface area contributed by atoms with Crippen molar-refractivity contribution in [3.8, 4) is 5.75 Å². The van der Waals surface area contributed by atoms with Crippen molar-refractivity contribution >= 4 is 29.1 Å². The molecule has 0 saturated heterocycles. The molecular formula is C24H29N2O3+. The molecule has 0 spiro atoms. The third-order valence-electron chi connectivity index (χ3n) is 5.72. The smallest absolute Gasteiger partial charge is 0.305 e. The van der Waals surface area contributed by atoms with Gasteiger partial charge in [-0.05, 0) is 39.0 Å². The molecule has 2 N–H and O–H groups in total. The molecule has 0 radical (unpaired) electrons. The monoisotopic (exact) mass is 393 g/mol. The summed E-state index contributed by atoms with van der Waals surface area (Å²) in [5.41, 5.74) is 5.09. The first-order chi connectivity index (χ1) is 13.8. The van der Waals surface area contributed by atoms with E-state index in [4.69, 9.17) is 5.11 Å². The minimum Gasteiger partial charge on any atom is -0.507 e. The SMILES string of the molecule is CCN(CCC(=O)O)c1ccc(C=CC2=[N+](C)c3ccccc3C2(C)C)c(O)c1. The zero-order valence-corrected chi connectivity index (χ0v) is 17.5. The van der Waals surface area contributed by atoms with Crippen LogP contribution < -0.4 is 4.90 Å². The molecule has 0 bridgehead atoms. The largest absolute Gasteiger partial charge is 0.507 e. The summed E-state index contributed by atoms with van der Waals surface area (Å²) >= 11 is 0. The van der Waals surface area contributed by atoms with Crippen LogP contribution in [0.15, 0.2) is 48.5 Å². The fourth-order valence-corrected chi connectivity index (χ4v) is 4.04. The topological polar surface area (TPSA) is 63.8 Å². The fourth-order valence-electron chi connectivity index (χ4n) is 4.04. The molecule has 2 aromatic carbocycles. The van der Waals surface area contributed by atoms with Gasteiger partial charge in [0, 0.05) is 48.1 Å². The first kappa shape index (κ1) is 20.6. The van der Waals surface area contributed by atoms with E-state index in [0.29, 0.717) is 13.1 Å². The molecule has 0 saturated carbocycles. The number of benzene rings is 2. The second-order valence-electron chi connectivity index (χ2n) is 7.89. The number of carboxylic acids is 1. The standard InChI is InChI=1S/C24H28N2O3/c1-5-26(15-14-23(28)29)18-12-10-17(21(27)16-18)11-13-22-24(2,3)19-8-6-7-9-20(19)25(22)4/h6-13,16H,5,14-15H2,1-4H3,(H,28,29)/p+1. The highest BCUT2D eigenvalue weighted by Gasteiger charge is 2.42. The number of phenols is 1. The van der Waals surface area contributed by atoms with Crippen LogP contribution in [0.25, 0.3) is 6.08 Å². The molecule has 0 aromatic heterocycles. The third kappa shape index (κ3) is 4.04. The molecule has 0 unspecified atom stereocenters. The van der Waals surface area contributed by atoms with E-state index in [0.717, 1.165) is 11.3 Å². The summed E-state index contributed by atoms with van der Waals surface area (Å²) in [7, 11) is 2.07. The van der Waals surface area contributed by atoms with Crippen LogP contribution in [-0.2, 0) is 10.2 Å². The number of hydrogen-bond acceptors (Lipinski definition) is 3. The van der Waals surface area contributed by atoms with Crippen LogP contribution in [0, 0.1) is 0 Å². The minimum absolute atomic E-state index is 0.0660. The van der Waals surface area contributed by atoms with E-state index in [1.54, 1.807) is 6.07 Å². The van der Waals surface area contributed by atoms with E-state index < -0.39 is 5.97 Å². The van der Waals surface area contributed by atoms with Crippen molar-refractivity contribution in [2.75, 3.05) is 25.0 Å². The Kier molecular flexibility index (Phi) is 5.78. The summed E-state index contributed by atoms with van der Waals surface area (Å²) in [6.45, 7) is 7.48. The minimum atomic E-state index is -0.825. The molecule has 1 aliphatic rings. The maximum absolute atomic E-state index is 10.9. The lowest BCUT2D eigenvalue weighted by atomic mass is 9.81. The average Bonchev–Trinajstić information content (AvgIpc) is 2.88. The molecule has 5 heteroatoms. The van der Waals surface area contributed by atoms with Gasteiger partial charge in [0.05, 0.1) is 11.8 Å². The number of fused-ring (bicyclic) bond motifs is 1. The lowest BCUT2D eigenvalue weighted by Gasteiger charge is -2.22. The van der Waals surface area contributed by atoms with Crippen LogP contribution in [0.4, 0.5) is 11.4 Å². The zero-order valence-electron chi connectivity index (χ0n) is 17.5. The second-order valence-corrected chi connectivity index (χ2v) is 7.89. The maximum Gasteiger partial charge on any atom is 0.305 e. The molecule has 3 rings (SSSR count). The highest BCUT2D eigenvalue weighted by atomic mass is 16.4. The Morgan fingerprint density at radius 2 is 1.90 bits per heavy atom. The van der Waals surface area contributed by atoms with E-state index in [9.17, 15) is 9.90 Å². The first-order valence-corrected chi connectivity index (χ1v) is 9.94. The molecule has 0 amide bonds. The summed E-state index contributed by atoms with van der Waals surface area (Å²) in [6.07, 6.45) is 4.07.